The van der Waals surface area contributed by atoms with Gasteiger partial charge in [-0.3, -0.25) is 4.79 Å². The first-order chi connectivity index (χ1) is 13.9. The molecule has 2 N–H and O–H groups in total. The van der Waals surface area contributed by atoms with Crippen LogP contribution in [0.5, 0.6) is 0 Å². The molecule has 0 unspecified atom stereocenters. The number of fused-ring (bicyclic) bond motifs is 3. The van der Waals surface area contributed by atoms with E-state index in [9.17, 15) is 4.79 Å². The number of benzene rings is 3. The Labute approximate surface area is 190 Å². The van der Waals surface area contributed by atoms with Gasteiger partial charge in [-0.2, -0.15) is 0 Å². The van der Waals surface area contributed by atoms with Crippen molar-refractivity contribution in [3.05, 3.63) is 92.4 Å². The van der Waals surface area contributed by atoms with E-state index in [2.05, 4.69) is 26.6 Å². The number of carbonyl (C=O) groups excluding carboxylic acids is 1. The Hall–Kier alpha value is -1.92. The second-order valence-corrected chi connectivity index (χ2v) is 9.89. The van der Waals surface area contributed by atoms with E-state index in [1.165, 1.54) is 11.8 Å². The van der Waals surface area contributed by atoms with Crippen LogP contribution in [0.3, 0.4) is 0 Å². The van der Waals surface area contributed by atoms with Gasteiger partial charge in [-0.25, -0.2) is 0 Å². The van der Waals surface area contributed by atoms with Gasteiger partial charge in [0.1, 0.15) is 4.75 Å². The van der Waals surface area contributed by atoms with Crippen LogP contribution in [0, 0.1) is 0 Å². The number of carbonyl (C=O) groups is 1. The fourth-order valence-corrected chi connectivity index (χ4v) is 5.49. The normalized spacial score (nSPS) is 19.7. The summed E-state index contributed by atoms with van der Waals surface area (Å²) in [5.41, 5.74) is 4.27. The zero-order valence-electron chi connectivity index (χ0n) is 14.8. The maximum Gasteiger partial charge on any atom is 0.249 e. The fourth-order valence-electron chi connectivity index (χ4n) is 3.58. The number of nitrogens with one attached hydrogen (secondary N) is 2. The lowest BCUT2D eigenvalue weighted by molar-refractivity contribution is -0.116. The average Bonchev–Trinajstić information content (AvgIpc) is 2.85. The van der Waals surface area contributed by atoms with Gasteiger partial charge >= 0.3 is 0 Å². The van der Waals surface area contributed by atoms with E-state index in [0.717, 1.165) is 37.6 Å². The molecule has 7 heteroatoms. The van der Waals surface area contributed by atoms with Crippen LogP contribution in [0.1, 0.15) is 11.1 Å². The van der Waals surface area contributed by atoms with E-state index in [0.29, 0.717) is 10.0 Å². The molecule has 1 amide bonds. The van der Waals surface area contributed by atoms with Crippen molar-refractivity contribution in [3.8, 4) is 0 Å². The van der Waals surface area contributed by atoms with Gasteiger partial charge in [0, 0.05) is 36.4 Å². The predicted molar refractivity (Wildman–Crippen MR) is 125 cm³/mol. The first-order valence-electron chi connectivity index (χ1n) is 8.80. The van der Waals surface area contributed by atoms with Crippen LogP contribution >= 0.6 is 50.9 Å². The Bertz CT molecular complexity index is 1200. The van der Waals surface area contributed by atoms with Gasteiger partial charge in [-0.1, -0.05) is 63.0 Å². The van der Waals surface area contributed by atoms with E-state index >= 15 is 0 Å². The molecule has 0 aromatic heterocycles. The minimum Gasteiger partial charge on any atom is -0.354 e. The Morgan fingerprint density at radius 2 is 1.59 bits per heavy atom. The molecule has 0 saturated heterocycles. The molecular formula is C22H13BrCl2N2OS. The molecule has 3 nitrogen and oxygen atoms in total. The molecule has 5 rings (SSSR count). The molecule has 3 aromatic carbocycles. The van der Waals surface area contributed by atoms with Crippen LogP contribution < -0.4 is 10.6 Å². The summed E-state index contributed by atoms with van der Waals surface area (Å²) in [5, 5.41) is 7.71. The van der Waals surface area contributed by atoms with Crippen molar-refractivity contribution in [2.24, 2.45) is 0 Å². The standard InChI is InChI=1S/C22H13BrCl2N2OS/c23-13-3-1-12(2-4-13)19-11-22(29-20-8-6-15(25)10-18(20)26-19)16-9-14(24)5-7-17(16)27-21(22)28/h1-11,26H,(H,27,28)/t22-/m1/s1. The van der Waals surface area contributed by atoms with Crippen molar-refractivity contribution >= 4 is 73.9 Å². The molecule has 0 radical (unpaired) electrons. The van der Waals surface area contributed by atoms with Crippen molar-refractivity contribution in [1.82, 2.24) is 0 Å². The van der Waals surface area contributed by atoms with E-state index < -0.39 is 4.75 Å². The molecule has 1 spiro atoms. The summed E-state index contributed by atoms with van der Waals surface area (Å²) in [6, 6.07) is 19.1. The van der Waals surface area contributed by atoms with Crippen molar-refractivity contribution < 1.29 is 4.79 Å². The number of hydrogen-bond acceptors (Lipinski definition) is 3. The Balaban J connectivity index is 1.77. The van der Waals surface area contributed by atoms with Crippen LogP contribution in [0.25, 0.3) is 5.70 Å². The van der Waals surface area contributed by atoms with E-state index in [4.69, 9.17) is 23.2 Å². The number of amides is 1. The maximum absolute atomic E-state index is 13.3. The Morgan fingerprint density at radius 3 is 2.38 bits per heavy atom. The van der Waals surface area contributed by atoms with Gasteiger partial charge in [0.2, 0.25) is 5.91 Å². The first kappa shape index (κ1) is 19.1. The molecule has 0 bridgehead atoms. The molecule has 29 heavy (non-hydrogen) atoms. The molecule has 0 saturated carbocycles. The fraction of sp³-hybridized carbons (Fsp3) is 0.0455. The predicted octanol–water partition coefficient (Wildman–Crippen LogP) is 7.16. The summed E-state index contributed by atoms with van der Waals surface area (Å²) in [6.45, 7) is 0. The molecular weight excluding hydrogens is 491 g/mol. The highest BCUT2D eigenvalue weighted by Gasteiger charge is 2.48. The lowest BCUT2D eigenvalue weighted by Gasteiger charge is -2.23. The molecule has 1 atom stereocenters. The van der Waals surface area contributed by atoms with Crippen LogP contribution in [0.15, 0.2) is 76.1 Å². The highest BCUT2D eigenvalue weighted by molar-refractivity contribution is 9.10. The molecule has 2 aliphatic rings. The SMILES string of the molecule is O=C1Nc2ccc(Cl)cc2[C@]12C=C(c1ccc(Br)cc1)Nc1cc(Cl)ccc1S2. The van der Waals surface area contributed by atoms with Crippen molar-refractivity contribution in [2.45, 2.75) is 9.64 Å². The highest BCUT2D eigenvalue weighted by Crippen LogP contribution is 2.55. The van der Waals surface area contributed by atoms with Gasteiger partial charge < -0.3 is 10.6 Å². The van der Waals surface area contributed by atoms with Crippen LogP contribution in [-0.4, -0.2) is 5.91 Å². The van der Waals surface area contributed by atoms with Gasteiger partial charge in [0.15, 0.2) is 0 Å². The van der Waals surface area contributed by atoms with Crippen molar-refractivity contribution in [1.29, 1.82) is 0 Å². The second kappa shape index (κ2) is 7.10. The zero-order valence-corrected chi connectivity index (χ0v) is 18.7. The minimum atomic E-state index is -0.950. The highest BCUT2D eigenvalue weighted by atomic mass is 79.9. The third-order valence-electron chi connectivity index (χ3n) is 4.95. The number of thioether (sulfide) groups is 1. The third-order valence-corrected chi connectivity index (χ3v) is 7.37. The first-order valence-corrected chi connectivity index (χ1v) is 11.2. The molecule has 3 aromatic rings. The van der Waals surface area contributed by atoms with Gasteiger partial charge in [-0.15, -0.1) is 0 Å². The zero-order chi connectivity index (χ0) is 20.2. The summed E-state index contributed by atoms with van der Waals surface area (Å²) in [5.74, 6) is -0.0982. The number of hydrogen-bond donors (Lipinski definition) is 2. The molecule has 0 fully saturated rings. The average molecular weight is 504 g/mol. The van der Waals surface area contributed by atoms with Crippen LogP contribution in [0.2, 0.25) is 10.0 Å². The smallest absolute Gasteiger partial charge is 0.249 e. The molecule has 2 heterocycles. The molecule has 0 aliphatic carbocycles. The summed E-state index contributed by atoms with van der Waals surface area (Å²) in [6.07, 6.45) is 1.98. The van der Waals surface area contributed by atoms with Gasteiger partial charge in [0.05, 0.1) is 5.69 Å². The minimum absolute atomic E-state index is 0.0982. The third kappa shape index (κ3) is 3.26. The van der Waals surface area contributed by atoms with Gasteiger partial charge in [-0.05, 0) is 60.2 Å². The number of anilines is 2. The van der Waals surface area contributed by atoms with Crippen LogP contribution in [-0.2, 0) is 9.54 Å². The summed E-state index contributed by atoms with van der Waals surface area (Å²) >= 11 is 17.5. The second-order valence-electron chi connectivity index (χ2n) is 6.81. The quantitative estimate of drug-likeness (QED) is 0.370. The van der Waals surface area contributed by atoms with Gasteiger partial charge in [0.25, 0.3) is 0 Å². The Kier molecular flexibility index (Phi) is 4.67. The number of halogens is 3. The molecule has 144 valence electrons. The number of rotatable bonds is 1. The Morgan fingerprint density at radius 1 is 0.862 bits per heavy atom. The van der Waals surface area contributed by atoms with Crippen molar-refractivity contribution in [3.63, 3.8) is 0 Å². The largest absolute Gasteiger partial charge is 0.354 e. The van der Waals surface area contributed by atoms with Crippen LogP contribution in [0.4, 0.5) is 11.4 Å². The molecule has 2 aliphatic heterocycles. The van der Waals surface area contributed by atoms with Crippen molar-refractivity contribution in [2.75, 3.05) is 10.6 Å². The van der Waals surface area contributed by atoms with E-state index in [-0.39, 0.29) is 5.91 Å². The summed E-state index contributed by atoms with van der Waals surface area (Å²) < 4.78 is 0.0353. The van der Waals surface area contributed by atoms with E-state index in [1.54, 1.807) is 6.07 Å². The van der Waals surface area contributed by atoms with E-state index in [1.807, 2.05) is 60.7 Å². The maximum atomic E-state index is 13.3. The topological polar surface area (TPSA) is 41.1 Å². The lowest BCUT2D eigenvalue weighted by Crippen LogP contribution is -2.29. The summed E-state index contributed by atoms with van der Waals surface area (Å²) in [7, 11) is 0. The summed E-state index contributed by atoms with van der Waals surface area (Å²) in [4.78, 5) is 14.2. The lowest BCUT2D eigenvalue weighted by atomic mass is 9.96. The monoisotopic (exact) mass is 502 g/mol.